The van der Waals surface area contributed by atoms with Crippen LogP contribution in [0.1, 0.15) is 41.5 Å². The van der Waals surface area contributed by atoms with Crippen LogP contribution < -0.4 is 0 Å². The van der Waals surface area contributed by atoms with E-state index in [0.29, 0.717) is 10.8 Å². The molecule has 0 aromatic heterocycles. The maximum Gasteiger partial charge on any atom is 0.0392 e. The van der Waals surface area contributed by atoms with Gasteiger partial charge in [0, 0.05) is 5.08 Å². The third-order valence-electron chi connectivity index (χ3n) is 1.24. The average Bonchev–Trinajstić information content (AvgIpc) is 1.81. The first-order valence-electron chi connectivity index (χ1n) is 4.86. The molecule has 0 saturated heterocycles. The van der Waals surface area contributed by atoms with Crippen LogP contribution in [0, 0.1) is 10.8 Å². The number of hydrogen-bond acceptors (Lipinski definition) is 2. The normalized spacial score (nSPS) is 13.4. The van der Waals surface area contributed by atoms with Crippen LogP contribution >= 0.6 is 23.5 Å². The molecular formula is C11H24S2. The highest BCUT2D eigenvalue weighted by molar-refractivity contribution is 8.16. The molecule has 0 fully saturated rings. The summed E-state index contributed by atoms with van der Waals surface area (Å²) in [5, 5.41) is 1.24. The molecule has 80 valence electrons. The minimum atomic E-state index is 0.479. The van der Waals surface area contributed by atoms with Gasteiger partial charge in [0.1, 0.15) is 0 Å². The minimum absolute atomic E-state index is 0.479. The van der Waals surface area contributed by atoms with Crippen molar-refractivity contribution >= 4 is 23.5 Å². The van der Waals surface area contributed by atoms with Gasteiger partial charge in [0.05, 0.1) is 0 Å². The topological polar surface area (TPSA) is 0 Å². The van der Waals surface area contributed by atoms with Gasteiger partial charge in [-0.3, -0.25) is 0 Å². The van der Waals surface area contributed by atoms with Crippen LogP contribution in [0.4, 0.5) is 0 Å². The van der Waals surface area contributed by atoms with Crippen LogP contribution in [0.2, 0.25) is 0 Å². The Kier molecular flexibility index (Phi) is 5.85. The molecule has 0 atom stereocenters. The lowest BCUT2D eigenvalue weighted by Crippen LogP contribution is -2.10. The monoisotopic (exact) mass is 220 g/mol. The van der Waals surface area contributed by atoms with Gasteiger partial charge in [0.25, 0.3) is 0 Å². The molecule has 0 bridgehead atoms. The second kappa shape index (κ2) is 5.55. The molecule has 0 aliphatic rings. The number of rotatable bonds is 4. The highest BCUT2D eigenvalue weighted by Gasteiger charge is 2.12. The zero-order valence-corrected chi connectivity index (χ0v) is 11.6. The van der Waals surface area contributed by atoms with E-state index in [9.17, 15) is 0 Å². The summed E-state index contributed by atoms with van der Waals surface area (Å²) < 4.78 is 0. The quantitative estimate of drug-likeness (QED) is 0.505. The van der Waals surface area contributed by atoms with Crippen molar-refractivity contribution < 1.29 is 0 Å². The molecule has 0 heterocycles. The summed E-state index contributed by atoms with van der Waals surface area (Å²) >= 11 is 4.13. The summed E-state index contributed by atoms with van der Waals surface area (Å²) in [6.45, 7) is 13.8. The molecule has 2 heteroatoms. The van der Waals surface area contributed by atoms with E-state index in [0.717, 1.165) is 0 Å². The fourth-order valence-electron chi connectivity index (χ4n) is 0.755. The Morgan fingerprint density at radius 3 is 1.23 bits per heavy atom. The summed E-state index contributed by atoms with van der Waals surface area (Å²) in [5.74, 6) is 2.54. The van der Waals surface area contributed by atoms with Crippen molar-refractivity contribution in [2.45, 2.75) is 41.5 Å². The largest absolute Gasteiger partial charge is 0.151 e. The van der Waals surface area contributed by atoms with E-state index < -0.39 is 0 Å². The maximum atomic E-state index is 2.30. The molecule has 0 unspecified atom stereocenters. The van der Waals surface area contributed by atoms with Crippen LogP contribution in [-0.2, 0) is 0 Å². The van der Waals surface area contributed by atoms with Gasteiger partial charge < -0.3 is 0 Å². The second-order valence-electron chi connectivity index (χ2n) is 5.94. The van der Waals surface area contributed by atoms with Crippen molar-refractivity contribution in [1.29, 1.82) is 0 Å². The first-order valence-corrected chi connectivity index (χ1v) is 7.17. The molecule has 0 aliphatic carbocycles. The van der Waals surface area contributed by atoms with Crippen LogP contribution in [0.25, 0.3) is 0 Å². The van der Waals surface area contributed by atoms with Crippen LogP contribution in [0.15, 0.2) is 0 Å². The molecule has 0 N–H and O–H groups in total. The van der Waals surface area contributed by atoms with Crippen LogP contribution in [-0.4, -0.2) is 16.6 Å². The highest BCUT2D eigenvalue weighted by Crippen LogP contribution is 2.26. The predicted octanol–water partition coefficient (Wildman–Crippen LogP) is 4.50. The molecule has 0 saturated carbocycles. The number of thioether (sulfide) groups is 2. The highest BCUT2D eigenvalue weighted by atomic mass is 32.2. The molecule has 0 rings (SSSR count). The van der Waals surface area contributed by atoms with Gasteiger partial charge >= 0.3 is 0 Å². The van der Waals surface area contributed by atoms with Crippen LogP contribution in [0.5, 0.6) is 0 Å². The van der Waals surface area contributed by atoms with Crippen molar-refractivity contribution in [3.8, 4) is 0 Å². The van der Waals surface area contributed by atoms with Gasteiger partial charge in [-0.15, -0.1) is 0 Å². The molecule has 0 radical (unpaired) electrons. The fourth-order valence-corrected chi connectivity index (χ4v) is 3.12. The second-order valence-corrected chi connectivity index (χ2v) is 8.27. The SMILES string of the molecule is CC(C)(C)CSCSCC(C)(C)C. The molecular weight excluding hydrogens is 196 g/mol. The van der Waals surface area contributed by atoms with Crippen LogP contribution in [0.3, 0.4) is 0 Å². The van der Waals surface area contributed by atoms with Crippen molar-refractivity contribution in [1.82, 2.24) is 0 Å². The predicted molar refractivity (Wildman–Crippen MR) is 68.7 cm³/mol. The lowest BCUT2D eigenvalue weighted by Gasteiger charge is -2.19. The molecule has 13 heavy (non-hydrogen) atoms. The average molecular weight is 220 g/mol. The van der Waals surface area contributed by atoms with Gasteiger partial charge in [-0.2, -0.15) is 23.5 Å². The van der Waals surface area contributed by atoms with Crippen molar-refractivity contribution in [3.63, 3.8) is 0 Å². The summed E-state index contributed by atoms with van der Waals surface area (Å²) in [5.41, 5.74) is 0.958. The van der Waals surface area contributed by atoms with Gasteiger partial charge in [0.15, 0.2) is 0 Å². The van der Waals surface area contributed by atoms with Gasteiger partial charge in [0.2, 0.25) is 0 Å². The Hall–Kier alpha value is 0.700. The maximum absolute atomic E-state index is 2.30. The van der Waals surface area contributed by atoms with E-state index in [1.165, 1.54) is 16.6 Å². The molecule has 0 amide bonds. The Morgan fingerprint density at radius 1 is 0.692 bits per heavy atom. The summed E-state index contributed by atoms with van der Waals surface area (Å²) in [4.78, 5) is 0. The molecule has 0 aromatic carbocycles. The van der Waals surface area contributed by atoms with Gasteiger partial charge in [-0.05, 0) is 22.3 Å². The standard InChI is InChI=1S/C11H24S2/c1-10(2,3)7-12-9-13-8-11(4,5)6/h7-9H2,1-6H3. The summed E-state index contributed by atoms with van der Waals surface area (Å²) in [6.07, 6.45) is 0. The van der Waals surface area contributed by atoms with Gasteiger partial charge in [-0.1, -0.05) is 41.5 Å². The number of hydrogen-bond donors (Lipinski definition) is 0. The fraction of sp³-hybridized carbons (Fsp3) is 1.00. The Labute approximate surface area is 92.6 Å². The van der Waals surface area contributed by atoms with Gasteiger partial charge in [-0.25, -0.2) is 0 Å². The zero-order valence-electron chi connectivity index (χ0n) is 9.94. The van der Waals surface area contributed by atoms with E-state index in [1.807, 2.05) is 0 Å². The van der Waals surface area contributed by atoms with Crippen molar-refractivity contribution in [2.75, 3.05) is 16.6 Å². The van der Waals surface area contributed by atoms with Crippen molar-refractivity contribution in [3.05, 3.63) is 0 Å². The Morgan fingerprint density at radius 2 is 1.00 bits per heavy atom. The minimum Gasteiger partial charge on any atom is -0.151 e. The third-order valence-corrected chi connectivity index (χ3v) is 4.71. The van der Waals surface area contributed by atoms with E-state index in [-0.39, 0.29) is 0 Å². The smallest absolute Gasteiger partial charge is 0.0392 e. The molecule has 0 aliphatic heterocycles. The van der Waals surface area contributed by atoms with E-state index >= 15 is 0 Å². The first kappa shape index (κ1) is 13.7. The summed E-state index contributed by atoms with van der Waals surface area (Å²) in [7, 11) is 0. The van der Waals surface area contributed by atoms with Crippen molar-refractivity contribution in [2.24, 2.45) is 10.8 Å². The summed E-state index contributed by atoms with van der Waals surface area (Å²) in [6, 6.07) is 0. The zero-order chi connectivity index (χ0) is 10.5. The molecule has 0 aromatic rings. The lowest BCUT2D eigenvalue weighted by atomic mass is 10.0. The molecule has 0 spiro atoms. The lowest BCUT2D eigenvalue weighted by molar-refractivity contribution is 0.480. The van der Waals surface area contributed by atoms with E-state index in [4.69, 9.17) is 0 Å². The Bertz CT molecular complexity index is 112. The molecule has 0 nitrogen and oxygen atoms in total. The van der Waals surface area contributed by atoms with E-state index in [2.05, 4.69) is 65.1 Å². The third kappa shape index (κ3) is 12.7. The van der Waals surface area contributed by atoms with E-state index in [1.54, 1.807) is 0 Å². The Balaban J connectivity index is 3.28. The first-order chi connectivity index (χ1) is 5.71.